The van der Waals surface area contributed by atoms with Gasteiger partial charge >= 0.3 is 0 Å². The lowest BCUT2D eigenvalue weighted by Crippen LogP contribution is -2.42. The first-order chi connectivity index (χ1) is 7.19. The van der Waals surface area contributed by atoms with Gasteiger partial charge in [0, 0.05) is 12.7 Å². The van der Waals surface area contributed by atoms with Gasteiger partial charge in [-0.3, -0.25) is 0 Å². The normalized spacial score (nSPS) is 39.9. The van der Waals surface area contributed by atoms with Crippen molar-refractivity contribution < 1.29 is 0 Å². The highest BCUT2D eigenvalue weighted by atomic mass is 14.8. The molecule has 0 aromatic heterocycles. The summed E-state index contributed by atoms with van der Waals surface area (Å²) in [5.41, 5.74) is 1.99. The summed E-state index contributed by atoms with van der Waals surface area (Å²) in [7, 11) is 2.00. The summed E-state index contributed by atoms with van der Waals surface area (Å²) >= 11 is 0. The van der Waals surface area contributed by atoms with E-state index in [1.54, 1.807) is 0 Å². The Morgan fingerprint density at radius 3 is 2.40 bits per heavy atom. The zero-order valence-corrected chi connectivity index (χ0v) is 10.3. The van der Waals surface area contributed by atoms with Crippen LogP contribution in [0.15, 0.2) is 12.3 Å². The molecule has 0 atom stereocenters. The lowest BCUT2D eigenvalue weighted by Gasteiger charge is -2.52. The molecular formula is C14H25N. The minimum Gasteiger partial charge on any atom is -0.392 e. The molecule has 0 saturated heterocycles. The van der Waals surface area contributed by atoms with Gasteiger partial charge in [0.25, 0.3) is 0 Å². The average Bonchev–Trinajstić information content (AvgIpc) is 2.25. The van der Waals surface area contributed by atoms with Crippen molar-refractivity contribution in [3.63, 3.8) is 0 Å². The van der Waals surface area contributed by atoms with Crippen LogP contribution < -0.4 is 5.32 Å². The molecule has 2 fully saturated rings. The van der Waals surface area contributed by atoms with Gasteiger partial charge in [-0.05, 0) is 55.8 Å². The van der Waals surface area contributed by atoms with Gasteiger partial charge in [-0.25, -0.2) is 0 Å². The molecular weight excluding hydrogens is 182 g/mol. The smallest absolute Gasteiger partial charge is 0.00629 e. The van der Waals surface area contributed by atoms with Gasteiger partial charge in [-0.1, -0.05) is 19.9 Å². The Labute approximate surface area is 94.3 Å². The Balaban J connectivity index is 1.80. The molecule has 0 aliphatic heterocycles. The summed E-state index contributed by atoms with van der Waals surface area (Å²) in [6.07, 6.45) is 10.1. The van der Waals surface area contributed by atoms with Crippen LogP contribution in [0, 0.1) is 17.3 Å². The number of hydrogen-bond donors (Lipinski definition) is 1. The summed E-state index contributed by atoms with van der Waals surface area (Å²) in [6, 6.07) is 0. The molecule has 0 aromatic rings. The van der Waals surface area contributed by atoms with Crippen molar-refractivity contribution >= 4 is 0 Å². The van der Waals surface area contributed by atoms with Crippen LogP contribution in [-0.4, -0.2) is 7.05 Å². The van der Waals surface area contributed by atoms with Crippen molar-refractivity contribution in [3.05, 3.63) is 12.3 Å². The second-order valence-corrected chi connectivity index (χ2v) is 5.73. The largest absolute Gasteiger partial charge is 0.392 e. The van der Waals surface area contributed by atoms with Crippen molar-refractivity contribution in [2.45, 2.75) is 51.9 Å². The second kappa shape index (κ2) is 4.19. The molecule has 15 heavy (non-hydrogen) atoms. The van der Waals surface area contributed by atoms with Gasteiger partial charge in [0.1, 0.15) is 0 Å². The monoisotopic (exact) mass is 207 g/mol. The van der Waals surface area contributed by atoms with E-state index in [9.17, 15) is 0 Å². The molecule has 86 valence electrons. The third-order valence-corrected chi connectivity index (χ3v) is 4.92. The van der Waals surface area contributed by atoms with E-state index in [2.05, 4.69) is 18.8 Å². The van der Waals surface area contributed by atoms with E-state index in [0.717, 1.165) is 17.3 Å². The van der Waals surface area contributed by atoms with Crippen molar-refractivity contribution in [2.75, 3.05) is 7.05 Å². The van der Waals surface area contributed by atoms with Crippen LogP contribution in [-0.2, 0) is 0 Å². The van der Waals surface area contributed by atoms with E-state index < -0.39 is 0 Å². The molecule has 0 heterocycles. The predicted octanol–water partition coefficient (Wildman–Crippen LogP) is 3.72. The first-order valence-corrected chi connectivity index (χ1v) is 6.55. The molecule has 1 spiro atoms. The summed E-state index contributed by atoms with van der Waals surface area (Å²) in [5.74, 6) is 1.80. The first-order valence-electron chi connectivity index (χ1n) is 6.55. The van der Waals surface area contributed by atoms with E-state index in [4.69, 9.17) is 0 Å². The molecule has 1 N–H and O–H groups in total. The Kier molecular flexibility index (Phi) is 3.08. The second-order valence-electron chi connectivity index (χ2n) is 5.73. The molecule has 2 rings (SSSR count). The summed E-state index contributed by atoms with van der Waals surface area (Å²) in [4.78, 5) is 0. The summed E-state index contributed by atoms with van der Waals surface area (Å²) in [6.45, 7) is 6.44. The first kappa shape index (κ1) is 11.0. The molecule has 0 aromatic carbocycles. The van der Waals surface area contributed by atoms with Crippen molar-refractivity contribution in [3.8, 4) is 0 Å². The minimum atomic E-state index is 0.732. The van der Waals surface area contributed by atoms with Crippen LogP contribution >= 0.6 is 0 Å². The van der Waals surface area contributed by atoms with Crippen LogP contribution in [0.2, 0.25) is 0 Å². The molecule has 0 amide bonds. The van der Waals surface area contributed by atoms with Crippen molar-refractivity contribution in [1.29, 1.82) is 0 Å². The Morgan fingerprint density at radius 2 is 1.93 bits per heavy atom. The number of hydrogen-bond acceptors (Lipinski definition) is 1. The molecule has 0 unspecified atom stereocenters. The Hall–Kier alpha value is -0.460. The lowest BCUT2D eigenvalue weighted by atomic mass is 9.54. The fourth-order valence-electron chi connectivity index (χ4n) is 3.54. The Morgan fingerprint density at radius 1 is 1.33 bits per heavy atom. The summed E-state index contributed by atoms with van der Waals surface area (Å²) in [5, 5.41) is 3.21. The predicted molar refractivity (Wildman–Crippen MR) is 65.6 cm³/mol. The topological polar surface area (TPSA) is 12.0 Å². The van der Waals surface area contributed by atoms with Crippen LogP contribution in [0.3, 0.4) is 0 Å². The van der Waals surface area contributed by atoms with Gasteiger partial charge in [-0.15, -0.1) is 0 Å². The third-order valence-electron chi connectivity index (χ3n) is 4.92. The minimum absolute atomic E-state index is 0.732. The Bertz CT molecular complexity index is 228. The van der Waals surface area contributed by atoms with Gasteiger partial charge in [-0.2, -0.15) is 0 Å². The number of allylic oxidation sites excluding steroid dienone is 1. The quantitative estimate of drug-likeness (QED) is 0.744. The zero-order chi connectivity index (χ0) is 10.9. The molecule has 2 saturated carbocycles. The van der Waals surface area contributed by atoms with Crippen LogP contribution in [0.4, 0.5) is 0 Å². The molecule has 0 radical (unpaired) electrons. The van der Waals surface area contributed by atoms with Crippen LogP contribution in [0.1, 0.15) is 51.9 Å². The highest BCUT2D eigenvalue weighted by molar-refractivity contribution is 5.09. The van der Waals surface area contributed by atoms with Crippen LogP contribution in [0.25, 0.3) is 0 Å². The molecule has 1 heteroatoms. The summed E-state index contributed by atoms with van der Waals surface area (Å²) < 4.78 is 0. The third kappa shape index (κ3) is 2.07. The number of nitrogens with one attached hydrogen (secondary N) is 1. The van der Waals surface area contributed by atoms with Crippen molar-refractivity contribution in [2.24, 2.45) is 17.3 Å². The number of rotatable bonds is 3. The van der Waals surface area contributed by atoms with Gasteiger partial charge < -0.3 is 5.32 Å². The highest BCUT2D eigenvalue weighted by Gasteiger charge is 2.46. The lowest BCUT2D eigenvalue weighted by molar-refractivity contribution is 0.0135. The zero-order valence-electron chi connectivity index (χ0n) is 10.3. The maximum atomic E-state index is 4.09. The van der Waals surface area contributed by atoms with E-state index in [1.807, 2.05) is 7.05 Å². The molecule has 1 nitrogen and oxygen atoms in total. The van der Waals surface area contributed by atoms with E-state index >= 15 is 0 Å². The van der Waals surface area contributed by atoms with Crippen molar-refractivity contribution in [1.82, 2.24) is 5.32 Å². The van der Waals surface area contributed by atoms with Gasteiger partial charge in [0.15, 0.2) is 0 Å². The van der Waals surface area contributed by atoms with Crippen LogP contribution in [0.5, 0.6) is 0 Å². The van der Waals surface area contributed by atoms with Gasteiger partial charge in [0.2, 0.25) is 0 Å². The van der Waals surface area contributed by atoms with E-state index in [0.29, 0.717) is 0 Å². The maximum Gasteiger partial charge on any atom is 0.00629 e. The maximum absolute atomic E-state index is 4.09. The SMILES string of the molecule is C=C(NC)C1CC2(CCC(CC)CC2)C1. The standard InChI is InChI=1S/C14H25N/c1-4-12-5-7-14(8-6-12)9-13(10-14)11(2)15-3/h12-13,15H,2,4-10H2,1,3H3. The fraction of sp³-hybridized carbons (Fsp3) is 0.857. The van der Waals surface area contributed by atoms with Gasteiger partial charge in [0.05, 0.1) is 0 Å². The van der Waals surface area contributed by atoms with E-state index in [-0.39, 0.29) is 0 Å². The molecule has 2 aliphatic carbocycles. The fourth-order valence-corrected chi connectivity index (χ4v) is 3.54. The average molecular weight is 207 g/mol. The molecule has 0 bridgehead atoms. The molecule has 2 aliphatic rings. The van der Waals surface area contributed by atoms with E-state index in [1.165, 1.54) is 50.6 Å². The highest BCUT2D eigenvalue weighted by Crippen LogP contribution is 2.57.